The van der Waals surface area contributed by atoms with Gasteiger partial charge in [0.1, 0.15) is 5.92 Å². The molecule has 29 heavy (non-hydrogen) atoms. The van der Waals surface area contributed by atoms with Gasteiger partial charge in [-0.05, 0) is 62.1 Å². The van der Waals surface area contributed by atoms with Gasteiger partial charge in [0.05, 0.1) is 25.3 Å². The Bertz CT molecular complexity index is 893. The normalized spacial score (nSPS) is 14.9. The van der Waals surface area contributed by atoms with E-state index >= 15 is 0 Å². The molecule has 6 heteroatoms. The van der Waals surface area contributed by atoms with Crippen molar-refractivity contribution in [3.63, 3.8) is 0 Å². The van der Waals surface area contributed by atoms with E-state index in [4.69, 9.17) is 16.3 Å². The molecule has 5 nitrogen and oxygen atoms in total. The van der Waals surface area contributed by atoms with E-state index in [1.54, 1.807) is 43.3 Å². The Morgan fingerprint density at radius 1 is 1.14 bits per heavy atom. The first-order valence-electron chi connectivity index (χ1n) is 9.99. The lowest BCUT2D eigenvalue weighted by Gasteiger charge is -2.17. The van der Waals surface area contributed by atoms with Gasteiger partial charge in [-0.2, -0.15) is 0 Å². The van der Waals surface area contributed by atoms with Gasteiger partial charge in [-0.3, -0.25) is 15.1 Å². The molecule has 0 bridgehead atoms. The summed E-state index contributed by atoms with van der Waals surface area (Å²) in [6, 6.07) is 14.2. The fourth-order valence-electron chi connectivity index (χ4n) is 3.47. The van der Waals surface area contributed by atoms with Crippen molar-refractivity contribution < 1.29 is 19.3 Å². The SMILES string of the molecule is CCOC(=O)c1ccccc1CC(C(=O)c1ccc(Cl)cc1)C1=[NH+]CCCCN1. The average Bonchev–Trinajstić information content (AvgIpc) is 3.02. The highest BCUT2D eigenvalue weighted by molar-refractivity contribution is 6.30. The maximum atomic E-state index is 13.4. The minimum atomic E-state index is -0.454. The molecule has 2 aromatic rings. The van der Waals surface area contributed by atoms with Crippen molar-refractivity contribution in [1.82, 2.24) is 5.32 Å². The molecule has 0 saturated heterocycles. The fraction of sp³-hybridized carbons (Fsp3) is 0.348. The molecule has 0 radical (unpaired) electrons. The zero-order chi connectivity index (χ0) is 20.6. The molecule has 1 unspecified atom stereocenters. The number of esters is 1. The second-order valence-electron chi connectivity index (χ2n) is 6.98. The molecule has 0 amide bonds. The molecular weight excluding hydrogens is 388 g/mol. The molecule has 152 valence electrons. The molecular formula is C23H26ClN2O3+. The molecule has 1 heterocycles. The molecule has 0 fully saturated rings. The van der Waals surface area contributed by atoms with Crippen LogP contribution < -0.4 is 10.3 Å². The second kappa shape index (κ2) is 10.2. The topological polar surface area (TPSA) is 69.4 Å². The van der Waals surface area contributed by atoms with Gasteiger partial charge in [0.25, 0.3) is 5.84 Å². The van der Waals surface area contributed by atoms with Crippen LogP contribution >= 0.6 is 11.6 Å². The van der Waals surface area contributed by atoms with Crippen molar-refractivity contribution in [2.75, 3.05) is 19.7 Å². The van der Waals surface area contributed by atoms with Crippen LogP contribution in [0, 0.1) is 5.92 Å². The van der Waals surface area contributed by atoms with Crippen molar-refractivity contribution >= 4 is 29.2 Å². The summed E-state index contributed by atoms with van der Waals surface area (Å²) in [5.41, 5.74) is 1.88. The molecule has 1 aliphatic rings. The Kier molecular flexibility index (Phi) is 7.42. The van der Waals surface area contributed by atoms with E-state index in [0.717, 1.165) is 37.3 Å². The molecule has 1 atom stereocenters. The summed E-state index contributed by atoms with van der Waals surface area (Å²) in [6.07, 6.45) is 2.47. The number of hydrogen-bond acceptors (Lipinski definition) is 4. The van der Waals surface area contributed by atoms with Gasteiger partial charge in [-0.25, -0.2) is 4.79 Å². The maximum absolute atomic E-state index is 13.4. The lowest BCUT2D eigenvalue weighted by atomic mass is 9.88. The molecule has 3 rings (SSSR count). The fourth-order valence-corrected chi connectivity index (χ4v) is 3.60. The van der Waals surface area contributed by atoms with Crippen molar-refractivity contribution in [3.8, 4) is 0 Å². The highest BCUT2D eigenvalue weighted by Crippen LogP contribution is 2.20. The van der Waals surface area contributed by atoms with E-state index in [0.29, 0.717) is 29.2 Å². The summed E-state index contributed by atoms with van der Waals surface area (Å²) in [5.74, 6) is -0.0317. The number of amidine groups is 1. The summed E-state index contributed by atoms with van der Waals surface area (Å²) in [6.45, 7) is 3.71. The highest BCUT2D eigenvalue weighted by Gasteiger charge is 2.32. The number of benzene rings is 2. The third kappa shape index (κ3) is 5.45. The minimum absolute atomic E-state index is 0.0165. The van der Waals surface area contributed by atoms with E-state index in [1.807, 2.05) is 12.1 Å². The lowest BCUT2D eigenvalue weighted by Crippen LogP contribution is -2.77. The Balaban J connectivity index is 1.96. The maximum Gasteiger partial charge on any atom is 0.338 e. The van der Waals surface area contributed by atoms with Crippen LogP contribution in [0.15, 0.2) is 48.5 Å². The van der Waals surface area contributed by atoms with Crippen molar-refractivity contribution in [1.29, 1.82) is 0 Å². The van der Waals surface area contributed by atoms with E-state index in [1.165, 1.54) is 0 Å². The van der Waals surface area contributed by atoms with Crippen LogP contribution in [0.25, 0.3) is 0 Å². The van der Waals surface area contributed by atoms with E-state index < -0.39 is 5.92 Å². The van der Waals surface area contributed by atoms with Crippen molar-refractivity contribution in [2.24, 2.45) is 5.92 Å². The largest absolute Gasteiger partial charge is 0.462 e. The standard InChI is InChI=1S/C23H25ClN2O3/c1-2-29-23(28)19-8-4-3-7-17(19)15-20(22-25-13-5-6-14-26-22)21(27)16-9-11-18(24)12-10-16/h3-4,7-12,20H,2,5-6,13-15H2,1H3,(H,25,26)/p+1. The highest BCUT2D eigenvalue weighted by atomic mass is 35.5. The van der Waals surface area contributed by atoms with Gasteiger partial charge in [0.15, 0.2) is 5.78 Å². The molecule has 0 aromatic heterocycles. The predicted molar refractivity (Wildman–Crippen MR) is 113 cm³/mol. The number of halogens is 1. The quantitative estimate of drug-likeness (QED) is 0.540. The summed E-state index contributed by atoms with van der Waals surface area (Å²) in [7, 11) is 0. The van der Waals surface area contributed by atoms with Gasteiger partial charge in [0, 0.05) is 10.6 Å². The van der Waals surface area contributed by atoms with Crippen molar-refractivity contribution in [2.45, 2.75) is 26.2 Å². The van der Waals surface area contributed by atoms with Gasteiger partial charge in [-0.1, -0.05) is 29.8 Å². The number of ketones is 1. The lowest BCUT2D eigenvalue weighted by molar-refractivity contribution is -0.460. The Morgan fingerprint density at radius 2 is 1.90 bits per heavy atom. The predicted octanol–water partition coefficient (Wildman–Crippen LogP) is 2.42. The summed E-state index contributed by atoms with van der Waals surface area (Å²) < 4.78 is 5.20. The van der Waals surface area contributed by atoms with Crippen LogP contribution in [0.4, 0.5) is 0 Å². The number of hydrogen-bond donors (Lipinski definition) is 2. The number of carbonyl (C=O) groups is 2. The smallest absolute Gasteiger partial charge is 0.338 e. The monoisotopic (exact) mass is 413 g/mol. The number of Topliss-reactive ketones (excluding diaryl/α,β-unsaturated/α-hetero) is 1. The third-order valence-electron chi connectivity index (χ3n) is 4.96. The van der Waals surface area contributed by atoms with E-state index in [-0.39, 0.29) is 11.8 Å². The first kappa shape index (κ1) is 21.1. The first-order valence-corrected chi connectivity index (χ1v) is 10.4. The number of nitrogens with one attached hydrogen (secondary N) is 2. The summed E-state index contributed by atoms with van der Waals surface area (Å²) >= 11 is 5.99. The van der Waals surface area contributed by atoms with E-state index in [9.17, 15) is 9.59 Å². The van der Waals surface area contributed by atoms with Crippen LogP contribution in [-0.2, 0) is 11.2 Å². The number of carbonyl (C=O) groups excluding carboxylic acids is 2. The summed E-state index contributed by atoms with van der Waals surface area (Å²) in [4.78, 5) is 29.2. The van der Waals surface area contributed by atoms with Crippen molar-refractivity contribution in [3.05, 3.63) is 70.2 Å². The molecule has 0 saturated carbocycles. The zero-order valence-electron chi connectivity index (χ0n) is 16.5. The van der Waals surface area contributed by atoms with E-state index in [2.05, 4.69) is 10.3 Å². The zero-order valence-corrected chi connectivity index (χ0v) is 17.3. The van der Waals surface area contributed by atoms with Crippen LogP contribution in [-0.4, -0.2) is 37.3 Å². The molecule has 2 N–H and O–H groups in total. The Hall–Kier alpha value is -2.66. The molecule has 0 spiro atoms. The molecule has 1 aliphatic heterocycles. The van der Waals surface area contributed by atoms with Crippen LogP contribution in [0.5, 0.6) is 0 Å². The van der Waals surface area contributed by atoms with Gasteiger partial charge >= 0.3 is 5.97 Å². The molecule has 2 aromatic carbocycles. The van der Waals surface area contributed by atoms with Gasteiger partial charge < -0.3 is 4.74 Å². The summed E-state index contributed by atoms with van der Waals surface area (Å²) in [5, 5.41) is 3.97. The van der Waals surface area contributed by atoms with Crippen LogP contribution in [0.1, 0.15) is 46.0 Å². The first-order chi connectivity index (χ1) is 14.1. The number of rotatable bonds is 7. The Labute approximate surface area is 176 Å². The molecule has 0 aliphatic carbocycles. The van der Waals surface area contributed by atoms with Gasteiger partial charge in [0.2, 0.25) is 0 Å². The van der Waals surface area contributed by atoms with Crippen LogP contribution in [0.2, 0.25) is 5.02 Å². The number of ether oxygens (including phenoxy) is 1. The third-order valence-corrected chi connectivity index (χ3v) is 5.22. The van der Waals surface area contributed by atoms with Gasteiger partial charge in [-0.15, -0.1) is 0 Å². The Morgan fingerprint density at radius 3 is 2.66 bits per heavy atom. The second-order valence-corrected chi connectivity index (χ2v) is 7.42. The minimum Gasteiger partial charge on any atom is -0.462 e. The van der Waals surface area contributed by atoms with Crippen LogP contribution in [0.3, 0.4) is 0 Å². The average molecular weight is 414 g/mol.